The monoisotopic (exact) mass is 236 g/mol. The van der Waals surface area contributed by atoms with Crippen molar-refractivity contribution in [2.75, 3.05) is 0 Å². The first-order valence-electron chi connectivity index (χ1n) is 7.10. The van der Waals surface area contributed by atoms with Crippen molar-refractivity contribution in [1.82, 2.24) is 0 Å². The molecule has 0 aromatic carbocycles. The summed E-state index contributed by atoms with van der Waals surface area (Å²) in [5, 5.41) is 0. The Hall–Kier alpha value is -0.530. The summed E-state index contributed by atoms with van der Waals surface area (Å²) in [5.74, 6) is 2.52. The average Bonchev–Trinajstić information content (AvgIpc) is 2.12. The molecule has 0 N–H and O–H groups in total. The van der Waals surface area contributed by atoms with Crippen LogP contribution in [0.1, 0.15) is 59.3 Å². The summed E-state index contributed by atoms with van der Waals surface area (Å²) < 4.78 is 5.98. The van der Waals surface area contributed by atoms with Crippen LogP contribution < -0.4 is 0 Å². The SMILES string of the molecule is CC(C)(C)C(=O)OC12CC3CC(CC(C3)C1)C2. The van der Waals surface area contributed by atoms with E-state index in [2.05, 4.69) is 0 Å². The third-order valence-electron chi connectivity index (χ3n) is 4.90. The van der Waals surface area contributed by atoms with E-state index in [-0.39, 0.29) is 17.0 Å². The Morgan fingerprint density at radius 2 is 1.41 bits per heavy atom. The van der Waals surface area contributed by atoms with Gasteiger partial charge in [0.15, 0.2) is 0 Å². The summed E-state index contributed by atoms with van der Waals surface area (Å²) in [7, 11) is 0. The van der Waals surface area contributed by atoms with Crippen molar-refractivity contribution < 1.29 is 9.53 Å². The van der Waals surface area contributed by atoms with Gasteiger partial charge in [-0.25, -0.2) is 0 Å². The van der Waals surface area contributed by atoms with E-state index in [1.807, 2.05) is 20.8 Å². The van der Waals surface area contributed by atoms with Crippen LogP contribution in [-0.2, 0) is 9.53 Å². The van der Waals surface area contributed by atoms with Crippen molar-refractivity contribution >= 4 is 5.97 Å². The molecule has 4 aliphatic carbocycles. The van der Waals surface area contributed by atoms with Crippen molar-refractivity contribution in [1.29, 1.82) is 0 Å². The summed E-state index contributed by atoms with van der Waals surface area (Å²) >= 11 is 0. The van der Waals surface area contributed by atoms with Crippen LogP contribution in [0.5, 0.6) is 0 Å². The lowest BCUT2D eigenvalue weighted by Crippen LogP contribution is -2.53. The maximum atomic E-state index is 12.1. The summed E-state index contributed by atoms with van der Waals surface area (Å²) in [6, 6.07) is 0. The minimum Gasteiger partial charge on any atom is -0.459 e. The van der Waals surface area contributed by atoms with Gasteiger partial charge in [0.1, 0.15) is 5.60 Å². The quantitative estimate of drug-likeness (QED) is 0.651. The van der Waals surface area contributed by atoms with E-state index in [1.54, 1.807) is 0 Å². The van der Waals surface area contributed by atoms with Gasteiger partial charge in [0.25, 0.3) is 0 Å². The Balaban J connectivity index is 1.76. The molecule has 0 spiro atoms. The molecule has 0 aromatic rings. The van der Waals surface area contributed by atoms with E-state index in [9.17, 15) is 4.79 Å². The first-order valence-corrected chi connectivity index (χ1v) is 7.10. The molecular weight excluding hydrogens is 212 g/mol. The van der Waals surface area contributed by atoms with E-state index in [4.69, 9.17) is 4.74 Å². The Morgan fingerprint density at radius 3 is 1.76 bits per heavy atom. The lowest BCUT2D eigenvalue weighted by atomic mass is 9.54. The zero-order valence-electron chi connectivity index (χ0n) is 11.3. The number of carbonyl (C=O) groups excluding carboxylic acids is 1. The van der Waals surface area contributed by atoms with E-state index in [0.717, 1.165) is 37.0 Å². The fourth-order valence-corrected chi connectivity index (χ4v) is 4.51. The van der Waals surface area contributed by atoms with E-state index < -0.39 is 0 Å². The standard InChI is InChI=1S/C15H24O2/c1-14(2,3)13(16)17-15-7-10-4-11(8-15)6-12(5-10)9-15/h10-12H,4-9H2,1-3H3. The van der Waals surface area contributed by atoms with Crippen LogP contribution in [0.25, 0.3) is 0 Å². The molecule has 2 heteroatoms. The lowest BCUT2D eigenvalue weighted by Gasteiger charge is -2.56. The first kappa shape index (κ1) is 11.6. The Bertz CT molecular complexity index is 302. The van der Waals surface area contributed by atoms with Crippen LogP contribution in [0.4, 0.5) is 0 Å². The molecule has 4 aliphatic rings. The minimum atomic E-state index is -0.358. The number of hydrogen-bond acceptors (Lipinski definition) is 2. The molecule has 0 atom stereocenters. The Kier molecular flexibility index (Phi) is 2.37. The molecule has 17 heavy (non-hydrogen) atoms. The van der Waals surface area contributed by atoms with Gasteiger partial charge in [-0.1, -0.05) is 0 Å². The third-order valence-corrected chi connectivity index (χ3v) is 4.90. The van der Waals surface area contributed by atoms with Crippen molar-refractivity contribution in [2.45, 2.75) is 64.9 Å². The van der Waals surface area contributed by atoms with Gasteiger partial charge in [0, 0.05) is 0 Å². The van der Waals surface area contributed by atoms with Gasteiger partial charge in [-0.3, -0.25) is 4.79 Å². The highest BCUT2D eigenvalue weighted by Gasteiger charge is 2.53. The molecule has 0 amide bonds. The van der Waals surface area contributed by atoms with Crippen LogP contribution >= 0.6 is 0 Å². The summed E-state index contributed by atoms with van der Waals surface area (Å²) in [6.07, 6.45) is 7.60. The smallest absolute Gasteiger partial charge is 0.311 e. The van der Waals surface area contributed by atoms with E-state index >= 15 is 0 Å². The molecule has 96 valence electrons. The molecule has 4 saturated carbocycles. The van der Waals surface area contributed by atoms with Gasteiger partial charge >= 0.3 is 5.97 Å². The van der Waals surface area contributed by atoms with Gasteiger partial charge in [0.2, 0.25) is 0 Å². The van der Waals surface area contributed by atoms with E-state index in [1.165, 1.54) is 19.3 Å². The van der Waals surface area contributed by atoms with Gasteiger partial charge in [-0.2, -0.15) is 0 Å². The molecule has 0 aromatic heterocycles. The van der Waals surface area contributed by atoms with Gasteiger partial charge in [-0.15, -0.1) is 0 Å². The number of ether oxygens (including phenoxy) is 1. The molecule has 0 radical (unpaired) electrons. The molecule has 0 unspecified atom stereocenters. The topological polar surface area (TPSA) is 26.3 Å². The molecule has 4 bridgehead atoms. The highest BCUT2D eigenvalue weighted by atomic mass is 16.6. The zero-order valence-corrected chi connectivity index (χ0v) is 11.3. The number of rotatable bonds is 1. The predicted octanol–water partition coefficient (Wildman–Crippen LogP) is 3.54. The maximum absolute atomic E-state index is 12.1. The minimum absolute atomic E-state index is 0.000509. The molecule has 0 aliphatic heterocycles. The van der Waals surface area contributed by atoms with Gasteiger partial charge in [-0.05, 0) is 77.0 Å². The summed E-state index contributed by atoms with van der Waals surface area (Å²) in [5.41, 5.74) is -0.428. The first-order chi connectivity index (χ1) is 7.86. The van der Waals surface area contributed by atoms with Crippen LogP contribution in [0.3, 0.4) is 0 Å². The number of hydrogen-bond donors (Lipinski definition) is 0. The Labute approximate surface area is 104 Å². The molecule has 4 rings (SSSR count). The van der Waals surface area contributed by atoms with Gasteiger partial charge < -0.3 is 4.74 Å². The van der Waals surface area contributed by atoms with Crippen molar-refractivity contribution in [3.63, 3.8) is 0 Å². The van der Waals surface area contributed by atoms with Crippen molar-refractivity contribution in [2.24, 2.45) is 23.2 Å². The molecule has 0 saturated heterocycles. The second kappa shape index (κ2) is 3.49. The highest BCUT2D eigenvalue weighted by Crippen LogP contribution is 2.57. The normalized spacial score (nSPS) is 43.8. The summed E-state index contributed by atoms with van der Waals surface area (Å²) in [6.45, 7) is 5.86. The summed E-state index contributed by atoms with van der Waals surface area (Å²) in [4.78, 5) is 12.1. The van der Waals surface area contributed by atoms with Gasteiger partial charge in [0.05, 0.1) is 5.41 Å². The predicted molar refractivity (Wildman–Crippen MR) is 66.5 cm³/mol. The van der Waals surface area contributed by atoms with Crippen LogP contribution in [0, 0.1) is 23.2 Å². The van der Waals surface area contributed by atoms with E-state index in [0.29, 0.717) is 0 Å². The van der Waals surface area contributed by atoms with Crippen LogP contribution in [0.15, 0.2) is 0 Å². The average molecular weight is 236 g/mol. The molecule has 2 nitrogen and oxygen atoms in total. The van der Waals surface area contributed by atoms with Crippen molar-refractivity contribution in [3.8, 4) is 0 Å². The molecule has 0 heterocycles. The third kappa shape index (κ3) is 2.00. The van der Waals surface area contributed by atoms with Crippen LogP contribution in [0.2, 0.25) is 0 Å². The largest absolute Gasteiger partial charge is 0.459 e. The van der Waals surface area contributed by atoms with Crippen molar-refractivity contribution in [3.05, 3.63) is 0 Å². The number of esters is 1. The fourth-order valence-electron chi connectivity index (χ4n) is 4.51. The number of carbonyl (C=O) groups is 1. The van der Waals surface area contributed by atoms with Crippen LogP contribution in [-0.4, -0.2) is 11.6 Å². The highest BCUT2D eigenvalue weighted by molar-refractivity contribution is 5.75. The maximum Gasteiger partial charge on any atom is 0.311 e. The zero-order chi connectivity index (χ0) is 12.3. The lowest BCUT2D eigenvalue weighted by molar-refractivity contribution is -0.194. The second-order valence-electron chi connectivity index (χ2n) is 7.74. The second-order valence-corrected chi connectivity index (χ2v) is 7.74. The Morgan fingerprint density at radius 1 is 1.00 bits per heavy atom. The fraction of sp³-hybridized carbons (Fsp3) is 0.933. The molecular formula is C15H24O2. The molecule has 4 fully saturated rings.